The minimum Gasteiger partial charge on any atom is -0.373 e. The van der Waals surface area contributed by atoms with Crippen LogP contribution in [0.1, 0.15) is 34.1 Å². The molecule has 0 N–H and O–H groups in total. The Morgan fingerprint density at radius 3 is 2.05 bits per heavy atom. The van der Waals surface area contributed by atoms with Gasteiger partial charge < -0.3 is 9.64 Å². The third-order valence-electron chi connectivity index (χ3n) is 4.39. The van der Waals surface area contributed by atoms with Gasteiger partial charge in [-0.05, 0) is 32.7 Å². The fourth-order valence-corrected chi connectivity index (χ4v) is 4.85. The van der Waals surface area contributed by atoms with E-state index in [2.05, 4.69) is 18.7 Å². The molecule has 2 aliphatic rings. The second-order valence-electron chi connectivity index (χ2n) is 7.01. The van der Waals surface area contributed by atoms with Crippen LogP contribution in [0.4, 0.5) is 0 Å². The highest BCUT2D eigenvalue weighted by molar-refractivity contribution is 7.86. The van der Waals surface area contributed by atoms with Gasteiger partial charge in [-0.15, -0.1) is 0 Å². The molecule has 2 unspecified atom stereocenters. The quantitative estimate of drug-likeness (QED) is 0.753. The predicted octanol–water partition coefficient (Wildman–Crippen LogP) is 1.00. The number of piperazine rings is 1. The first-order valence-electron chi connectivity index (χ1n) is 8.42. The van der Waals surface area contributed by atoms with Crippen molar-refractivity contribution in [2.75, 3.05) is 45.8 Å². The van der Waals surface area contributed by atoms with Crippen LogP contribution in [0.3, 0.4) is 0 Å². The van der Waals surface area contributed by atoms with E-state index in [4.69, 9.17) is 4.74 Å². The van der Waals surface area contributed by atoms with Crippen LogP contribution in [-0.4, -0.2) is 79.9 Å². The Balaban J connectivity index is 1.89. The summed E-state index contributed by atoms with van der Waals surface area (Å²) in [7, 11) is -3.35. The van der Waals surface area contributed by atoms with Crippen molar-refractivity contribution in [3.8, 4) is 0 Å². The number of ether oxygens (including phenoxy) is 1. The van der Waals surface area contributed by atoms with Gasteiger partial charge in [0.25, 0.3) is 10.2 Å². The van der Waals surface area contributed by atoms with Gasteiger partial charge in [-0.1, -0.05) is 13.8 Å². The Kier molecular flexibility index (Phi) is 6.24. The zero-order chi connectivity index (χ0) is 16.3. The molecule has 7 heteroatoms. The lowest BCUT2D eigenvalue weighted by Crippen LogP contribution is -2.57. The van der Waals surface area contributed by atoms with Gasteiger partial charge in [0.15, 0.2) is 0 Å². The average Bonchev–Trinajstić information content (AvgIpc) is 2.44. The van der Waals surface area contributed by atoms with Crippen molar-refractivity contribution in [2.24, 2.45) is 5.92 Å². The highest BCUT2D eigenvalue weighted by Gasteiger charge is 2.36. The van der Waals surface area contributed by atoms with E-state index in [-0.39, 0.29) is 12.2 Å². The summed E-state index contributed by atoms with van der Waals surface area (Å²) in [6.45, 7) is 13.2. The van der Waals surface area contributed by atoms with Crippen LogP contribution < -0.4 is 0 Å². The van der Waals surface area contributed by atoms with E-state index in [0.717, 1.165) is 19.6 Å². The summed E-state index contributed by atoms with van der Waals surface area (Å²) in [5.41, 5.74) is 0. The molecular weight excluding hydrogens is 302 g/mol. The second-order valence-corrected chi connectivity index (χ2v) is 8.93. The van der Waals surface area contributed by atoms with Gasteiger partial charge >= 0.3 is 0 Å². The minimum absolute atomic E-state index is 0.0362. The molecule has 2 heterocycles. The van der Waals surface area contributed by atoms with Crippen molar-refractivity contribution in [2.45, 2.75) is 46.3 Å². The molecule has 0 aromatic rings. The highest BCUT2D eigenvalue weighted by Crippen LogP contribution is 2.19. The molecule has 2 rings (SSSR count). The van der Waals surface area contributed by atoms with Crippen molar-refractivity contribution in [3.63, 3.8) is 0 Å². The molecule has 0 aromatic heterocycles. The van der Waals surface area contributed by atoms with E-state index in [9.17, 15) is 8.42 Å². The number of hydrogen-bond donors (Lipinski definition) is 0. The third-order valence-corrected chi connectivity index (χ3v) is 6.36. The Labute approximate surface area is 135 Å². The molecule has 2 atom stereocenters. The van der Waals surface area contributed by atoms with Crippen LogP contribution in [0.15, 0.2) is 0 Å². The Hall–Kier alpha value is -0.210. The maximum absolute atomic E-state index is 12.8. The van der Waals surface area contributed by atoms with Gasteiger partial charge in [0.1, 0.15) is 0 Å². The summed E-state index contributed by atoms with van der Waals surface area (Å²) in [5.74, 6) is 0.693. The molecule has 0 radical (unpaired) electrons. The van der Waals surface area contributed by atoms with Crippen molar-refractivity contribution < 1.29 is 13.2 Å². The molecule has 2 aliphatic heterocycles. The lowest BCUT2D eigenvalue weighted by Gasteiger charge is -2.40. The van der Waals surface area contributed by atoms with E-state index in [0.29, 0.717) is 32.1 Å². The van der Waals surface area contributed by atoms with Gasteiger partial charge in [-0.3, -0.25) is 0 Å². The van der Waals surface area contributed by atoms with E-state index < -0.39 is 10.2 Å². The smallest absolute Gasteiger partial charge is 0.282 e. The van der Waals surface area contributed by atoms with Gasteiger partial charge in [0, 0.05) is 39.3 Å². The molecule has 6 nitrogen and oxygen atoms in total. The third kappa shape index (κ3) is 4.64. The van der Waals surface area contributed by atoms with E-state index in [1.165, 1.54) is 6.42 Å². The Morgan fingerprint density at radius 2 is 1.55 bits per heavy atom. The minimum atomic E-state index is -3.35. The highest BCUT2D eigenvalue weighted by atomic mass is 32.2. The normalized spacial score (nSPS) is 30.0. The Bertz CT molecular complexity index is 437. The summed E-state index contributed by atoms with van der Waals surface area (Å²) in [5, 5.41) is 0. The Morgan fingerprint density at radius 1 is 1.00 bits per heavy atom. The summed E-state index contributed by atoms with van der Waals surface area (Å²) in [6.07, 6.45) is 1.10. The van der Waals surface area contributed by atoms with Crippen molar-refractivity contribution in [3.05, 3.63) is 0 Å². The standard InChI is InChI=1S/C15H31N3O3S/c1-13(2)5-6-16-7-9-17(10-8-16)22(19,20)18-11-14(3)21-15(4)12-18/h13-15H,5-12H2,1-4H3. The summed E-state index contributed by atoms with van der Waals surface area (Å²) in [6, 6.07) is 0. The maximum Gasteiger partial charge on any atom is 0.282 e. The average molecular weight is 333 g/mol. The van der Waals surface area contributed by atoms with Gasteiger partial charge in [-0.2, -0.15) is 17.0 Å². The molecular formula is C15H31N3O3S. The van der Waals surface area contributed by atoms with Gasteiger partial charge in [0.2, 0.25) is 0 Å². The van der Waals surface area contributed by atoms with Crippen LogP contribution in [0.5, 0.6) is 0 Å². The van der Waals surface area contributed by atoms with Crippen LogP contribution in [0, 0.1) is 5.92 Å². The van der Waals surface area contributed by atoms with Crippen LogP contribution in [0.2, 0.25) is 0 Å². The summed E-state index contributed by atoms with van der Waals surface area (Å²) < 4.78 is 34.4. The van der Waals surface area contributed by atoms with Crippen LogP contribution >= 0.6 is 0 Å². The summed E-state index contributed by atoms with van der Waals surface area (Å²) >= 11 is 0. The molecule has 0 bridgehead atoms. The van der Waals surface area contributed by atoms with E-state index in [1.54, 1.807) is 8.61 Å². The second kappa shape index (κ2) is 7.57. The van der Waals surface area contributed by atoms with Crippen molar-refractivity contribution in [1.29, 1.82) is 0 Å². The van der Waals surface area contributed by atoms with Gasteiger partial charge in [0.05, 0.1) is 12.2 Å². The largest absolute Gasteiger partial charge is 0.373 e. The molecule has 2 saturated heterocycles. The molecule has 2 fully saturated rings. The maximum atomic E-state index is 12.8. The van der Waals surface area contributed by atoms with E-state index >= 15 is 0 Å². The molecule has 0 aliphatic carbocycles. The zero-order valence-electron chi connectivity index (χ0n) is 14.4. The lowest BCUT2D eigenvalue weighted by molar-refractivity contribution is -0.0457. The predicted molar refractivity (Wildman–Crippen MR) is 88.0 cm³/mol. The first kappa shape index (κ1) is 18.1. The number of hydrogen-bond acceptors (Lipinski definition) is 4. The fourth-order valence-electron chi connectivity index (χ4n) is 3.11. The SMILES string of the molecule is CC(C)CCN1CCN(S(=O)(=O)N2CC(C)OC(C)C2)CC1. The molecule has 22 heavy (non-hydrogen) atoms. The molecule has 130 valence electrons. The lowest BCUT2D eigenvalue weighted by atomic mass is 10.1. The van der Waals surface area contributed by atoms with Crippen molar-refractivity contribution >= 4 is 10.2 Å². The number of rotatable bonds is 5. The molecule has 0 amide bonds. The number of nitrogens with zero attached hydrogens (tertiary/aromatic N) is 3. The molecule has 0 aromatic carbocycles. The first-order chi connectivity index (χ1) is 10.3. The molecule has 0 spiro atoms. The van der Waals surface area contributed by atoms with Crippen LogP contribution in [0.25, 0.3) is 0 Å². The fraction of sp³-hybridized carbons (Fsp3) is 1.00. The van der Waals surface area contributed by atoms with Gasteiger partial charge in [-0.25, -0.2) is 0 Å². The zero-order valence-corrected chi connectivity index (χ0v) is 15.2. The van der Waals surface area contributed by atoms with Crippen LogP contribution in [-0.2, 0) is 14.9 Å². The number of morpholine rings is 1. The monoisotopic (exact) mass is 333 g/mol. The molecule has 0 saturated carbocycles. The van der Waals surface area contributed by atoms with Crippen molar-refractivity contribution in [1.82, 2.24) is 13.5 Å². The van der Waals surface area contributed by atoms with E-state index in [1.807, 2.05) is 13.8 Å². The summed E-state index contributed by atoms with van der Waals surface area (Å²) in [4.78, 5) is 2.37. The first-order valence-corrected chi connectivity index (χ1v) is 9.81. The topological polar surface area (TPSA) is 53.1 Å².